The van der Waals surface area contributed by atoms with Gasteiger partial charge < -0.3 is 5.73 Å². The Morgan fingerprint density at radius 3 is 1.88 bits per heavy atom. The summed E-state index contributed by atoms with van der Waals surface area (Å²) in [6, 6.07) is 26.9. The van der Waals surface area contributed by atoms with E-state index in [9.17, 15) is 0 Å². The number of amidine groups is 1. The predicted molar refractivity (Wildman–Crippen MR) is 221 cm³/mol. The highest BCUT2D eigenvalue weighted by Crippen LogP contribution is 2.42. The van der Waals surface area contributed by atoms with Crippen molar-refractivity contribution >= 4 is 91.9 Å². The van der Waals surface area contributed by atoms with E-state index in [0.29, 0.717) is 11.7 Å². The van der Waals surface area contributed by atoms with Gasteiger partial charge in [-0.1, -0.05) is 36.4 Å². The van der Waals surface area contributed by atoms with Crippen LogP contribution in [0.5, 0.6) is 0 Å². The molecule has 2 aliphatic carbocycles. The number of hydrogen-bond acceptors (Lipinski definition) is 6. The van der Waals surface area contributed by atoms with Gasteiger partial charge in [0.1, 0.15) is 24.8 Å². The second kappa shape index (κ2) is 13.3. The SMILES string of the molecule is CN=CN=C(N)C1=CC=C=CC=C1c1ccc2sc3ccc(-c4ccc5sc6ccc(C7=C=CC=CC=C7c7ncncn7)cc6c5c4)cc3c2c1. The van der Waals surface area contributed by atoms with E-state index in [-0.39, 0.29) is 0 Å². The van der Waals surface area contributed by atoms with E-state index in [1.165, 1.54) is 70.5 Å². The summed E-state index contributed by atoms with van der Waals surface area (Å²) in [5.41, 5.74) is 21.2. The fourth-order valence-corrected chi connectivity index (χ4v) is 8.84. The van der Waals surface area contributed by atoms with Crippen LogP contribution in [0.4, 0.5) is 0 Å². The summed E-state index contributed by atoms with van der Waals surface area (Å²) in [7, 11) is 1.68. The Morgan fingerprint density at radius 2 is 1.23 bits per heavy atom. The van der Waals surface area contributed by atoms with Crippen molar-refractivity contribution in [3.8, 4) is 11.1 Å². The van der Waals surface area contributed by atoms with E-state index in [2.05, 4.69) is 109 Å². The molecule has 0 unspecified atom stereocenters. The van der Waals surface area contributed by atoms with E-state index < -0.39 is 0 Å². The Balaban J connectivity index is 1.13. The van der Waals surface area contributed by atoms with Gasteiger partial charge in [-0.05, 0) is 113 Å². The van der Waals surface area contributed by atoms with Crippen LogP contribution in [0.15, 0.2) is 161 Å². The number of thiophene rings is 2. The third-order valence-electron chi connectivity index (χ3n) is 9.14. The third-order valence-corrected chi connectivity index (χ3v) is 11.4. The number of allylic oxidation sites excluding steroid dienone is 8. The Morgan fingerprint density at radius 1 is 0.654 bits per heavy atom. The Bertz CT molecular complexity index is 2940. The monoisotopic (exact) mass is 704 g/mol. The van der Waals surface area contributed by atoms with E-state index in [4.69, 9.17) is 5.73 Å². The molecule has 3 aromatic heterocycles. The maximum Gasteiger partial charge on any atom is 0.163 e. The number of aromatic nitrogens is 3. The van der Waals surface area contributed by atoms with Crippen LogP contribution >= 0.6 is 22.7 Å². The zero-order valence-electron chi connectivity index (χ0n) is 27.9. The van der Waals surface area contributed by atoms with Gasteiger partial charge >= 0.3 is 0 Å². The van der Waals surface area contributed by atoms with Gasteiger partial charge in [0.2, 0.25) is 0 Å². The van der Waals surface area contributed by atoms with Crippen LogP contribution in [0.2, 0.25) is 0 Å². The standard InChI is InChI=1S/C44H28N6S2/c1-46-24-48-43(45)33-10-6-2-4-8-31(33)29-14-18-41-37(22-29)35-20-27(12-16-39(35)51-41)28-13-17-40-36(21-28)38-23-30(15-19-42(38)52-40)32-9-5-3-7-11-34(32)44-49-25-47-26-50-44/h3-8,10-26H,1H3,(H2,45,46,48). The Kier molecular flexibility index (Phi) is 8.05. The van der Waals surface area contributed by atoms with Crippen molar-refractivity contribution in [2.75, 3.05) is 7.05 Å². The van der Waals surface area contributed by atoms with Crippen LogP contribution in [0.25, 0.3) is 68.2 Å². The lowest BCUT2D eigenvalue weighted by Gasteiger charge is -2.11. The molecule has 52 heavy (non-hydrogen) atoms. The molecule has 246 valence electrons. The molecule has 4 aromatic carbocycles. The molecule has 0 saturated carbocycles. The van der Waals surface area contributed by atoms with Gasteiger partial charge in [0.25, 0.3) is 0 Å². The molecule has 0 spiro atoms. The third kappa shape index (κ3) is 5.68. The largest absolute Gasteiger partial charge is 0.383 e. The van der Waals surface area contributed by atoms with E-state index in [1.54, 1.807) is 7.05 Å². The smallest absolute Gasteiger partial charge is 0.163 e. The van der Waals surface area contributed by atoms with Crippen molar-refractivity contribution in [3.63, 3.8) is 0 Å². The molecule has 0 saturated heterocycles. The average molecular weight is 705 g/mol. The number of fused-ring (bicyclic) bond motifs is 6. The van der Waals surface area contributed by atoms with Crippen molar-refractivity contribution < 1.29 is 0 Å². The molecule has 3 heterocycles. The zero-order valence-corrected chi connectivity index (χ0v) is 29.5. The average Bonchev–Trinajstić information content (AvgIpc) is 3.48. The minimum Gasteiger partial charge on any atom is -0.383 e. The van der Waals surface area contributed by atoms with Crippen LogP contribution in [0.3, 0.4) is 0 Å². The minimum atomic E-state index is 0.408. The Labute approximate surface area is 307 Å². The van der Waals surface area contributed by atoms with Crippen molar-refractivity contribution in [2.45, 2.75) is 0 Å². The first-order valence-corrected chi connectivity index (χ1v) is 18.3. The maximum absolute atomic E-state index is 6.42. The summed E-state index contributed by atoms with van der Waals surface area (Å²) < 4.78 is 4.97. The van der Waals surface area contributed by atoms with E-state index in [0.717, 1.165) is 33.4 Å². The summed E-state index contributed by atoms with van der Waals surface area (Å²) >= 11 is 3.62. The van der Waals surface area contributed by atoms with Crippen molar-refractivity contribution in [1.82, 2.24) is 15.0 Å². The second-order valence-corrected chi connectivity index (χ2v) is 14.4. The predicted octanol–water partition coefficient (Wildman–Crippen LogP) is 10.5. The summed E-state index contributed by atoms with van der Waals surface area (Å²) in [5.74, 6) is 1.03. The molecule has 2 N–H and O–H groups in total. The van der Waals surface area contributed by atoms with Gasteiger partial charge in [0.05, 0.1) is 0 Å². The molecule has 2 aliphatic rings. The maximum atomic E-state index is 6.42. The molecule has 0 radical (unpaired) electrons. The number of benzene rings is 4. The van der Waals surface area contributed by atoms with E-state index in [1.807, 2.05) is 71.3 Å². The molecule has 8 heteroatoms. The number of rotatable bonds is 6. The molecule has 0 aliphatic heterocycles. The lowest BCUT2D eigenvalue weighted by Crippen LogP contribution is -2.16. The van der Waals surface area contributed by atoms with Crippen LogP contribution in [0.1, 0.15) is 17.0 Å². The minimum absolute atomic E-state index is 0.408. The van der Waals surface area contributed by atoms with Gasteiger partial charge in [-0.25, -0.2) is 19.9 Å². The lowest BCUT2D eigenvalue weighted by atomic mass is 9.94. The van der Waals surface area contributed by atoms with Crippen molar-refractivity contribution in [1.29, 1.82) is 0 Å². The van der Waals surface area contributed by atoms with Crippen LogP contribution < -0.4 is 5.73 Å². The van der Waals surface area contributed by atoms with Gasteiger partial charge in [-0.2, -0.15) is 0 Å². The van der Waals surface area contributed by atoms with Crippen molar-refractivity contribution in [2.24, 2.45) is 15.7 Å². The molecule has 0 fully saturated rings. The molecule has 0 bridgehead atoms. The summed E-state index contributed by atoms with van der Waals surface area (Å²) in [5, 5.41) is 4.88. The molecule has 9 rings (SSSR count). The van der Waals surface area contributed by atoms with Crippen LogP contribution in [-0.2, 0) is 0 Å². The molecular formula is C44H28N6S2. The van der Waals surface area contributed by atoms with Gasteiger partial charge in [-0.15, -0.1) is 34.1 Å². The highest BCUT2D eigenvalue weighted by atomic mass is 32.1. The summed E-state index contributed by atoms with van der Waals surface area (Å²) in [4.78, 5) is 21.2. The number of hydrogen-bond donors (Lipinski definition) is 1. The lowest BCUT2D eigenvalue weighted by molar-refractivity contribution is 1.02. The van der Waals surface area contributed by atoms with Crippen LogP contribution in [-0.4, -0.2) is 34.2 Å². The first-order chi connectivity index (χ1) is 25.6. The summed E-state index contributed by atoms with van der Waals surface area (Å²) in [6.07, 6.45) is 20.2. The first kappa shape index (κ1) is 31.5. The quantitative estimate of drug-likeness (QED) is 0.106. The zero-order chi connectivity index (χ0) is 35.0. The molecular weight excluding hydrogens is 677 g/mol. The molecule has 6 nitrogen and oxygen atoms in total. The fourth-order valence-electron chi connectivity index (χ4n) is 6.70. The molecule has 7 aromatic rings. The fraction of sp³-hybridized carbons (Fsp3) is 0.0227. The summed E-state index contributed by atoms with van der Waals surface area (Å²) in [6.45, 7) is 0. The van der Waals surface area contributed by atoms with Gasteiger partial charge in [0.15, 0.2) is 5.82 Å². The molecule has 0 atom stereocenters. The number of nitrogens with two attached hydrogens (primary N) is 1. The van der Waals surface area contributed by atoms with Crippen LogP contribution in [0, 0.1) is 0 Å². The van der Waals surface area contributed by atoms with E-state index >= 15 is 0 Å². The van der Waals surface area contributed by atoms with Crippen molar-refractivity contribution in [3.05, 3.63) is 168 Å². The highest BCUT2D eigenvalue weighted by molar-refractivity contribution is 7.26. The first-order valence-electron chi connectivity index (χ1n) is 16.6. The Hall–Kier alpha value is -6.53. The molecule has 0 amide bonds. The topological polar surface area (TPSA) is 89.4 Å². The van der Waals surface area contributed by atoms with Gasteiger partial charge in [0, 0.05) is 64.1 Å². The van der Waals surface area contributed by atoms with Gasteiger partial charge in [-0.3, -0.25) is 4.99 Å². The highest BCUT2D eigenvalue weighted by Gasteiger charge is 2.17. The normalized spacial score (nSPS) is 14.7. The number of nitrogens with zero attached hydrogens (tertiary/aromatic N) is 5. The number of aliphatic imine (C=N–C) groups is 2. The second-order valence-electron chi connectivity index (χ2n) is 12.2.